The van der Waals surface area contributed by atoms with Crippen LogP contribution in [-0.4, -0.2) is 34.5 Å². The Morgan fingerprint density at radius 1 is 1.33 bits per heavy atom. The molecular weight excluding hydrogens is 322 g/mol. The normalized spacial score (nSPS) is 12.1. The Balaban J connectivity index is 1.69. The number of amides is 1. The molecule has 0 aliphatic carbocycles. The van der Waals surface area contributed by atoms with E-state index >= 15 is 0 Å². The Bertz CT molecular complexity index is 826. The maximum Gasteiger partial charge on any atom is 0.253 e. The van der Waals surface area contributed by atoms with Crippen LogP contribution in [0.3, 0.4) is 0 Å². The van der Waals surface area contributed by atoms with Crippen molar-refractivity contribution < 1.29 is 9.32 Å². The number of aryl methyl sites for hydroxylation is 1. The highest BCUT2D eigenvalue weighted by atomic mass is 32.1. The van der Waals surface area contributed by atoms with Crippen molar-refractivity contribution in [3.05, 3.63) is 58.2 Å². The molecule has 0 bridgehead atoms. The molecule has 3 aromatic rings. The number of nitrogens with zero attached hydrogens (tertiary/aromatic N) is 3. The first-order chi connectivity index (χ1) is 11.6. The van der Waals surface area contributed by atoms with Gasteiger partial charge in [0.2, 0.25) is 0 Å². The summed E-state index contributed by atoms with van der Waals surface area (Å²) in [5.41, 5.74) is 2.49. The van der Waals surface area contributed by atoms with E-state index in [-0.39, 0.29) is 11.8 Å². The van der Waals surface area contributed by atoms with Gasteiger partial charge in [0.1, 0.15) is 5.76 Å². The van der Waals surface area contributed by atoms with Crippen LogP contribution >= 0.6 is 11.3 Å². The molecule has 24 heavy (non-hydrogen) atoms. The lowest BCUT2D eigenvalue weighted by atomic mass is 10.1. The minimum Gasteiger partial charge on any atom is -0.361 e. The highest BCUT2D eigenvalue weighted by Crippen LogP contribution is 2.28. The van der Waals surface area contributed by atoms with Crippen LogP contribution < -0.4 is 0 Å². The van der Waals surface area contributed by atoms with E-state index < -0.39 is 0 Å². The Labute approximate surface area is 144 Å². The Morgan fingerprint density at radius 2 is 2.08 bits per heavy atom. The second kappa shape index (κ2) is 6.97. The zero-order valence-corrected chi connectivity index (χ0v) is 14.7. The van der Waals surface area contributed by atoms with Gasteiger partial charge in [0.15, 0.2) is 0 Å². The van der Waals surface area contributed by atoms with Gasteiger partial charge < -0.3 is 9.42 Å². The first kappa shape index (κ1) is 16.4. The van der Waals surface area contributed by atoms with Crippen molar-refractivity contribution in [1.29, 1.82) is 0 Å². The lowest BCUT2D eigenvalue weighted by molar-refractivity contribution is 0.0788. The van der Waals surface area contributed by atoms with Gasteiger partial charge in [-0.2, -0.15) is 0 Å². The second-order valence-electron chi connectivity index (χ2n) is 5.82. The van der Waals surface area contributed by atoms with Crippen molar-refractivity contribution >= 4 is 17.2 Å². The van der Waals surface area contributed by atoms with Crippen LogP contribution in [-0.2, 0) is 0 Å². The average Bonchev–Trinajstić information content (AvgIpc) is 3.23. The molecule has 0 spiro atoms. The fraction of sp³-hybridized carbons (Fsp3) is 0.278. The summed E-state index contributed by atoms with van der Waals surface area (Å²) >= 11 is 1.60. The molecular formula is C18H19N3O2S. The summed E-state index contributed by atoms with van der Waals surface area (Å²) in [6.45, 7) is 4.57. The first-order valence-corrected chi connectivity index (χ1v) is 8.62. The average molecular weight is 341 g/mol. The molecule has 2 aromatic heterocycles. The van der Waals surface area contributed by atoms with E-state index in [0.717, 1.165) is 22.0 Å². The summed E-state index contributed by atoms with van der Waals surface area (Å²) in [6, 6.07) is 9.32. The number of thiazole rings is 1. The second-order valence-corrected chi connectivity index (χ2v) is 6.71. The van der Waals surface area contributed by atoms with Crippen molar-refractivity contribution in [1.82, 2.24) is 15.0 Å². The van der Waals surface area contributed by atoms with Gasteiger partial charge in [-0.3, -0.25) is 4.79 Å². The summed E-state index contributed by atoms with van der Waals surface area (Å²) in [6.07, 6.45) is 1.68. The predicted molar refractivity (Wildman–Crippen MR) is 94.2 cm³/mol. The van der Waals surface area contributed by atoms with Gasteiger partial charge in [-0.05, 0) is 19.1 Å². The molecule has 3 rings (SSSR count). The predicted octanol–water partition coefficient (Wildman–Crippen LogP) is 3.98. The lowest BCUT2D eigenvalue weighted by Gasteiger charge is -2.20. The Kier molecular flexibility index (Phi) is 4.76. The van der Waals surface area contributed by atoms with Gasteiger partial charge in [-0.15, -0.1) is 11.3 Å². The number of hydrogen-bond donors (Lipinski definition) is 0. The van der Waals surface area contributed by atoms with Gasteiger partial charge in [0.25, 0.3) is 5.91 Å². The summed E-state index contributed by atoms with van der Waals surface area (Å²) < 4.78 is 5.10. The minimum absolute atomic E-state index is 0.0223. The first-order valence-electron chi connectivity index (χ1n) is 7.74. The quantitative estimate of drug-likeness (QED) is 0.704. The van der Waals surface area contributed by atoms with Gasteiger partial charge >= 0.3 is 0 Å². The summed E-state index contributed by atoms with van der Waals surface area (Å²) in [5, 5.41) is 6.80. The molecule has 0 fully saturated rings. The van der Waals surface area contributed by atoms with E-state index in [2.05, 4.69) is 17.1 Å². The SMILES string of the molecule is Cc1oncc1-c1csc([C@H](C)CN(C)C(=O)c2ccccc2)n1. The maximum atomic E-state index is 12.4. The number of likely N-dealkylation sites (N-methyl/N-ethyl adjacent to an activating group) is 1. The van der Waals surface area contributed by atoms with Crippen LogP contribution in [0.15, 0.2) is 46.4 Å². The molecule has 6 heteroatoms. The van der Waals surface area contributed by atoms with E-state index in [0.29, 0.717) is 12.1 Å². The van der Waals surface area contributed by atoms with E-state index in [1.54, 1.807) is 22.4 Å². The highest BCUT2D eigenvalue weighted by Gasteiger charge is 2.19. The number of aromatic nitrogens is 2. The van der Waals surface area contributed by atoms with Gasteiger partial charge in [0.05, 0.1) is 22.5 Å². The molecule has 2 heterocycles. The smallest absolute Gasteiger partial charge is 0.253 e. The zero-order chi connectivity index (χ0) is 17.1. The van der Waals surface area contributed by atoms with Crippen molar-refractivity contribution in [2.24, 2.45) is 0 Å². The molecule has 1 aromatic carbocycles. The fourth-order valence-corrected chi connectivity index (χ4v) is 3.43. The highest BCUT2D eigenvalue weighted by molar-refractivity contribution is 7.10. The van der Waals surface area contributed by atoms with Gasteiger partial charge in [-0.25, -0.2) is 4.98 Å². The summed E-state index contributed by atoms with van der Waals surface area (Å²) in [7, 11) is 1.82. The van der Waals surface area contributed by atoms with Crippen LogP contribution in [0, 0.1) is 6.92 Å². The number of carbonyl (C=O) groups excluding carboxylic acids is 1. The molecule has 0 unspecified atom stereocenters. The molecule has 0 aliphatic rings. The van der Waals surface area contributed by atoms with E-state index in [4.69, 9.17) is 4.52 Å². The molecule has 5 nitrogen and oxygen atoms in total. The van der Waals surface area contributed by atoms with Crippen LogP contribution in [0.5, 0.6) is 0 Å². The van der Waals surface area contributed by atoms with E-state index in [1.807, 2.05) is 49.7 Å². The van der Waals surface area contributed by atoms with Crippen LogP contribution in [0.1, 0.15) is 34.0 Å². The van der Waals surface area contributed by atoms with Crippen molar-refractivity contribution in [2.75, 3.05) is 13.6 Å². The lowest BCUT2D eigenvalue weighted by Crippen LogP contribution is -2.30. The maximum absolute atomic E-state index is 12.4. The fourth-order valence-electron chi connectivity index (χ4n) is 2.56. The van der Waals surface area contributed by atoms with Crippen LogP contribution in [0.4, 0.5) is 0 Å². The van der Waals surface area contributed by atoms with Crippen molar-refractivity contribution in [3.8, 4) is 11.3 Å². The molecule has 0 N–H and O–H groups in total. The Hall–Kier alpha value is -2.47. The van der Waals surface area contributed by atoms with Crippen LogP contribution in [0.2, 0.25) is 0 Å². The number of hydrogen-bond acceptors (Lipinski definition) is 5. The van der Waals surface area contributed by atoms with Gasteiger partial charge in [0, 0.05) is 30.5 Å². The standard InChI is InChI=1S/C18H19N3O2S/c1-12(10-21(3)18(22)14-7-5-4-6-8-14)17-20-16(11-24-17)15-9-19-23-13(15)2/h4-9,11-12H,10H2,1-3H3/t12-/m1/s1. The third-order valence-electron chi connectivity index (χ3n) is 3.89. The van der Waals surface area contributed by atoms with Gasteiger partial charge in [-0.1, -0.05) is 30.3 Å². The number of rotatable bonds is 5. The van der Waals surface area contributed by atoms with Crippen LogP contribution in [0.25, 0.3) is 11.3 Å². The van der Waals surface area contributed by atoms with E-state index in [9.17, 15) is 4.79 Å². The number of carbonyl (C=O) groups is 1. The molecule has 1 amide bonds. The molecule has 0 aliphatic heterocycles. The monoisotopic (exact) mass is 341 g/mol. The summed E-state index contributed by atoms with van der Waals surface area (Å²) in [5.74, 6) is 0.937. The molecule has 0 radical (unpaired) electrons. The van der Waals surface area contributed by atoms with Crippen molar-refractivity contribution in [2.45, 2.75) is 19.8 Å². The van der Waals surface area contributed by atoms with E-state index in [1.165, 1.54) is 0 Å². The molecule has 0 saturated heterocycles. The zero-order valence-electron chi connectivity index (χ0n) is 13.9. The minimum atomic E-state index is 0.0223. The van der Waals surface area contributed by atoms with Crippen molar-refractivity contribution in [3.63, 3.8) is 0 Å². The molecule has 0 saturated carbocycles. The third kappa shape index (κ3) is 3.38. The molecule has 124 valence electrons. The largest absolute Gasteiger partial charge is 0.361 e. The Morgan fingerprint density at radius 3 is 2.75 bits per heavy atom. The third-order valence-corrected chi connectivity index (χ3v) is 4.96. The topological polar surface area (TPSA) is 59.2 Å². The number of benzene rings is 1. The summed E-state index contributed by atoms with van der Waals surface area (Å²) in [4.78, 5) is 18.9. The molecule has 1 atom stereocenters.